The van der Waals surface area contributed by atoms with Crippen molar-refractivity contribution in [2.75, 3.05) is 20.3 Å². The molecule has 0 atom stereocenters. The number of benzene rings is 1. The van der Waals surface area contributed by atoms with E-state index in [4.69, 9.17) is 27.9 Å². The van der Waals surface area contributed by atoms with E-state index in [0.29, 0.717) is 34.6 Å². The van der Waals surface area contributed by atoms with Crippen molar-refractivity contribution in [2.45, 2.75) is 0 Å². The maximum absolute atomic E-state index is 12.6. The predicted molar refractivity (Wildman–Crippen MR) is 101 cm³/mol. The predicted octanol–water partition coefficient (Wildman–Crippen LogP) is 4.28. The number of carbonyl (C=O) groups excluding carboxylic acids is 1. The van der Waals surface area contributed by atoms with E-state index in [2.05, 4.69) is 10.4 Å². The molecule has 0 aliphatic heterocycles. The average Bonchev–Trinajstić information content (AvgIpc) is 3.26. The van der Waals surface area contributed by atoms with Crippen LogP contribution in [0.5, 0.6) is 0 Å². The van der Waals surface area contributed by atoms with Crippen molar-refractivity contribution in [3.8, 4) is 16.3 Å². The summed E-state index contributed by atoms with van der Waals surface area (Å²) in [6.07, 6.45) is 0. The molecule has 1 N–H and O–H groups in total. The van der Waals surface area contributed by atoms with Gasteiger partial charge in [-0.1, -0.05) is 29.3 Å². The number of methoxy groups -OCH3 is 1. The van der Waals surface area contributed by atoms with Gasteiger partial charge in [0.05, 0.1) is 27.2 Å². The average molecular weight is 396 g/mol. The zero-order valence-corrected chi connectivity index (χ0v) is 15.7. The largest absolute Gasteiger partial charge is 0.383 e. The summed E-state index contributed by atoms with van der Waals surface area (Å²) in [4.78, 5) is 13.5. The lowest BCUT2D eigenvalue weighted by atomic mass is 10.2. The molecular formula is C17H15Cl2N3O2S. The molecule has 0 fully saturated rings. The van der Waals surface area contributed by atoms with Crippen LogP contribution in [-0.4, -0.2) is 35.9 Å². The van der Waals surface area contributed by atoms with Crippen LogP contribution in [0.4, 0.5) is 0 Å². The Morgan fingerprint density at radius 1 is 1.28 bits per heavy atom. The van der Waals surface area contributed by atoms with Crippen LogP contribution in [0, 0.1) is 0 Å². The molecular weight excluding hydrogens is 381 g/mol. The standard InChI is InChI=1S/C17H15Cl2N3O2S/c1-24-7-6-20-17(23)15-10-14(16-3-2-8-25-16)21-22(15)11-4-5-12(18)13(19)9-11/h2-5,8-10H,6-7H2,1H3,(H,20,23). The van der Waals surface area contributed by atoms with Crippen LogP contribution >= 0.6 is 34.5 Å². The first kappa shape index (κ1) is 17.9. The second-order valence-corrected chi connectivity index (χ2v) is 6.91. The van der Waals surface area contributed by atoms with Gasteiger partial charge in [-0.25, -0.2) is 4.68 Å². The molecule has 130 valence electrons. The van der Waals surface area contributed by atoms with Crippen molar-refractivity contribution in [1.29, 1.82) is 0 Å². The molecule has 5 nitrogen and oxygen atoms in total. The summed E-state index contributed by atoms with van der Waals surface area (Å²) in [5.41, 5.74) is 1.80. The number of thiophene rings is 1. The lowest BCUT2D eigenvalue weighted by Crippen LogP contribution is -2.28. The van der Waals surface area contributed by atoms with Gasteiger partial charge in [0.15, 0.2) is 0 Å². The zero-order chi connectivity index (χ0) is 17.8. The number of aromatic nitrogens is 2. The number of nitrogens with zero attached hydrogens (tertiary/aromatic N) is 2. The highest BCUT2D eigenvalue weighted by Gasteiger charge is 2.18. The molecule has 3 aromatic rings. The first-order chi connectivity index (χ1) is 12.1. The Hall–Kier alpha value is -1.86. The molecule has 1 amide bonds. The topological polar surface area (TPSA) is 56.1 Å². The highest BCUT2D eigenvalue weighted by molar-refractivity contribution is 7.13. The number of carbonyl (C=O) groups is 1. The number of rotatable bonds is 6. The van der Waals surface area contributed by atoms with Gasteiger partial charge in [-0.2, -0.15) is 5.10 Å². The molecule has 0 saturated heterocycles. The maximum atomic E-state index is 12.6. The van der Waals surface area contributed by atoms with Gasteiger partial charge in [0, 0.05) is 13.7 Å². The Morgan fingerprint density at radius 2 is 2.12 bits per heavy atom. The van der Waals surface area contributed by atoms with Crippen molar-refractivity contribution in [2.24, 2.45) is 0 Å². The highest BCUT2D eigenvalue weighted by Crippen LogP contribution is 2.28. The Labute approximate surface area is 159 Å². The summed E-state index contributed by atoms with van der Waals surface area (Å²) in [6.45, 7) is 0.848. The second kappa shape index (κ2) is 8.01. The molecule has 0 saturated carbocycles. The minimum absolute atomic E-state index is 0.238. The van der Waals surface area contributed by atoms with E-state index in [-0.39, 0.29) is 5.91 Å². The summed E-state index contributed by atoms with van der Waals surface area (Å²) in [5, 5.41) is 10.2. The zero-order valence-electron chi connectivity index (χ0n) is 13.3. The SMILES string of the molecule is COCCNC(=O)c1cc(-c2cccs2)nn1-c1ccc(Cl)c(Cl)c1. The van der Waals surface area contributed by atoms with Crippen molar-refractivity contribution in [3.05, 3.63) is 57.5 Å². The Morgan fingerprint density at radius 3 is 2.80 bits per heavy atom. The first-order valence-corrected chi connectivity index (χ1v) is 9.10. The molecule has 0 aliphatic carbocycles. The Balaban J connectivity index is 2.02. The highest BCUT2D eigenvalue weighted by atomic mass is 35.5. The summed E-state index contributed by atoms with van der Waals surface area (Å²) < 4.78 is 6.54. The van der Waals surface area contributed by atoms with E-state index in [1.807, 2.05) is 17.5 Å². The molecule has 25 heavy (non-hydrogen) atoms. The second-order valence-electron chi connectivity index (χ2n) is 5.15. The molecule has 2 aromatic heterocycles. The third-order valence-electron chi connectivity index (χ3n) is 3.46. The van der Waals surface area contributed by atoms with Gasteiger partial charge in [-0.15, -0.1) is 11.3 Å². The van der Waals surface area contributed by atoms with E-state index in [9.17, 15) is 4.79 Å². The molecule has 3 rings (SSSR count). The quantitative estimate of drug-likeness (QED) is 0.633. The fourth-order valence-corrected chi connectivity index (χ4v) is 3.23. The monoisotopic (exact) mass is 395 g/mol. The van der Waals surface area contributed by atoms with Crippen LogP contribution in [0.3, 0.4) is 0 Å². The summed E-state index contributed by atoms with van der Waals surface area (Å²) in [7, 11) is 1.58. The smallest absolute Gasteiger partial charge is 0.270 e. The van der Waals surface area contributed by atoms with Crippen molar-refractivity contribution in [1.82, 2.24) is 15.1 Å². The fourth-order valence-electron chi connectivity index (χ4n) is 2.26. The number of halogens is 2. The molecule has 0 aliphatic rings. The summed E-state index contributed by atoms with van der Waals surface area (Å²) >= 11 is 13.7. The van der Waals surface area contributed by atoms with E-state index in [0.717, 1.165) is 10.6 Å². The van der Waals surface area contributed by atoms with E-state index >= 15 is 0 Å². The van der Waals surface area contributed by atoms with Gasteiger partial charge < -0.3 is 10.1 Å². The van der Waals surface area contributed by atoms with E-state index < -0.39 is 0 Å². The Bertz CT molecular complexity index is 878. The Kier molecular flexibility index (Phi) is 5.75. The van der Waals surface area contributed by atoms with Gasteiger partial charge in [-0.3, -0.25) is 4.79 Å². The molecule has 0 radical (unpaired) electrons. The van der Waals surface area contributed by atoms with Crippen LogP contribution in [-0.2, 0) is 4.74 Å². The van der Waals surface area contributed by atoms with Crippen LogP contribution in [0.25, 0.3) is 16.3 Å². The van der Waals surface area contributed by atoms with Crippen LogP contribution in [0.15, 0.2) is 41.8 Å². The molecule has 2 heterocycles. The van der Waals surface area contributed by atoms with Crippen molar-refractivity contribution >= 4 is 40.4 Å². The van der Waals surface area contributed by atoms with E-state index in [1.165, 1.54) is 0 Å². The maximum Gasteiger partial charge on any atom is 0.270 e. The van der Waals surface area contributed by atoms with Gasteiger partial charge in [0.25, 0.3) is 5.91 Å². The van der Waals surface area contributed by atoms with Crippen LogP contribution in [0.2, 0.25) is 10.0 Å². The third kappa shape index (κ3) is 4.04. The number of ether oxygens (including phenoxy) is 1. The van der Waals surface area contributed by atoms with Gasteiger partial charge >= 0.3 is 0 Å². The summed E-state index contributed by atoms with van der Waals surface area (Å²) in [5.74, 6) is -0.238. The van der Waals surface area contributed by atoms with Gasteiger partial charge in [-0.05, 0) is 35.7 Å². The lowest BCUT2D eigenvalue weighted by molar-refractivity contribution is 0.0929. The minimum atomic E-state index is -0.238. The molecule has 0 bridgehead atoms. The minimum Gasteiger partial charge on any atom is -0.383 e. The van der Waals surface area contributed by atoms with Crippen molar-refractivity contribution < 1.29 is 9.53 Å². The number of amides is 1. The van der Waals surface area contributed by atoms with Crippen molar-refractivity contribution in [3.63, 3.8) is 0 Å². The third-order valence-corrected chi connectivity index (χ3v) is 5.09. The lowest BCUT2D eigenvalue weighted by Gasteiger charge is -2.09. The van der Waals surface area contributed by atoms with Crippen LogP contribution < -0.4 is 5.32 Å². The van der Waals surface area contributed by atoms with Gasteiger partial charge in [0.1, 0.15) is 11.4 Å². The normalized spacial score (nSPS) is 10.8. The molecule has 0 unspecified atom stereocenters. The fraction of sp³-hybridized carbons (Fsp3) is 0.176. The number of hydrogen-bond donors (Lipinski definition) is 1. The number of hydrogen-bond acceptors (Lipinski definition) is 4. The summed E-state index contributed by atoms with van der Waals surface area (Å²) in [6, 6.07) is 10.8. The van der Waals surface area contributed by atoms with Gasteiger partial charge in [0.2, 0.25) is 0 Å². The van der Waals surface area contributed by atoms with E-state index in [1.54, 1.807) is 47.4 Å². The molecule has 1 aromatic carbocycles. The molecule has 8 heteroatoms. The van der Waals surface area contributed by atoms with Crippen LogP contribution in [0.1, 0.15) is 10.5 Å². The number of nitrogens with one attached hydrogen (secondary N) is 1. The first-order valence-electron chi connectivity index (χ1n) is 7.46. The molecule has 0 spiro atoms.